The summed E-state index contributed by atoms with van der Waals surface area (Å²) in [7, 11) is -4.33. The van der Waals surface area contributed by atoms with Crippen LogP contribution in [0.1, 0.15) is 0 Å². The van der Waals surface area contributed by atoms with Crippen molar-refractivity contribution in [2.45, 2.75) is 0 Å². The molecule has 0 aromatic carbocycles. The summed E-state index contributed by atoms with van der Waals surface area (Å²) in [5, 5.41) is 0. The van der Waals surface area contributed by atoms with Crippen LogP contribution in [0.15, 0.2) is 0 Å². The van der Waals surface area contributed by atoms with E-state index in [-0.39, 0.29) is 65.9 Å². The van der Waals surface area contributed by atoms with E-state index in [0.717, 1.165) is 0 Å². The van der Waals surface area contributed by atoms with E-state index in [2.05, 4.69) is 0 Å². The van der Waals surface area contributed by atoms with Gasteiger partial charge in [0.2, 0.25) is 0 Å². The molecule has 0 saturated carbocycles. The SMILES string of the molecule is O.O=P[O-].O=P[O-].O=P[O-].O=P[O-].[Fe+2].[SnH3].[Zn+2]. The average molecular weight is 513 g/mol. The molecule has 9 nitrogen and oxygen atoms in total. The van der Waals surface area contributed by atoms with E-state index in [0.29, 0.717) is 0 Å². The monoisotopic (exact) mass is 513 g/mol. The maximum Gasteiger partial charge on any atom is 2.00 e. The molecule has 0 fully saturated rings. The molecule has 0 saturated heterocycles. The van der Waals surface area contributed by atoms with Crippen LogP contribution in [-0.4, -0.2) is 29.4 Å². The van der Waals surface area contributed by atoms with E-state index in [1.165, 1.54) is 0 Å². The zero-order valence-electron chi connectivity index (χ0n) is 7.62. The first-order chi connectivity index (χ1) is 5.66. The molecule has 0 rings (SSSR count). The Bertz CT molecular complexity index is 81.5. The molecule has 2 N–H and O–H groups in total. The van der Waals surface area contributed by atoms with Gasteiger partial charge < -0.3 is 25.0 Å². The van der Waals surface area contributed by atoms with Crippen LogP contribution < -0.4 is 19.6 Å². The Morgan fingerprint density at radius 3 is 0.625 bits per heavy atom. The van der Waals surface area contributed by atoms with Crippen LogP contribution in [0, 0.1) is 0 Å². The van der Waals surface area contributed by atoms with Gasteiger partial charge >= 0.3 is 60.5 Å². The topological polar surface area (TPSA) is 192 Å². The molecular formula is H5FeO9P4SnZn. The van der Waals surface area contributed by atoms with Gasteiger partial charge in [-0.25, -0.2) is 0 Å². The second-order valence-electron chi connectivity index (χ2n) is 0.298. The van der Waals surface area contributed by atoms with Crippen LogP contribution in [0.4, 0.5) is 0 Å². The van der Waals surface area contributed by atoms with Crippen molar-refractivity contribution in [1.29, 1.82) is 0 Å². The molecule has 93 valence electrons. The first kappa shape index (κ1) is 51.8. The van der Waals surface area contributed by atoms with Gasteiger partial charge in [-0.05, 0) is 0 Å². The zero-order valence-corrected chi connectivity index (χ0v) is 21.0. The molecular weight excluding hydrogens is 508 g/mol. The van der Waals surface area contributed by atoms with Gasteiger partial charge in [0, 0.05) is 0 Å². The zero-order chi connectivity index (χ0) is 10.8. The minimum absolute atomic E-state index is 0. The third-order valence-corrected chi connectivity index (χ3v) is 0. The Morgan fingerprint density at radius 2 is 0.625 bits per heavy atom. The summed E-state index contributed by atoms with van der Waals surface area (Å²) in [5.74, 6) is 0. The van der Waals surface area contributed by atoms with Crippen molar-refractivity contribution in [3.8, 4) is 0 Å². The first-order valence-corrected chi connectivity index (χ1v) is 4.38. The van der Waals surface area contributed by atoms with E-state index >= 15 is 0 Å². The standard InChI is InChI=1S/Fe.4HO2P.H2O.Sn.Zn.3H/c;4*1-3-2;;;;;;/h;4*(H,1,2);1H2;;;;;/q+2;;;;;;;+2;;;/p-4. The van der Waals surface area contributed by atoms with Crippen molar-refractivity contribution in [1.82, 2.24) is 0 Å². The second kappa shape index (κ2) is 118. The average Bonchev–Trinajstić information content (AvgIpc) is 1.92. The van der Waals surface area contributed by atoms with Crippen molar-refractivity contribution in [2.75, 3.05) is 0 Å². The summed E-state index contributed by atoms with van der Waals surface area (Å²) in [4.78, 5) is 33.4. The Hall–Kier alpha value is 2.14. The summed E-state index contributed by atoms with van der Waals surface area (Å²) >= 11 is 0. The van der Waals surface area contributed by atoms with Gasteiger partial charge in [0.1, 0.15) is 0 Å². The molecule has 0 aliphatic rings. The maximum atomic E-state index is 8.35. The molecule has 0 aliphatic carbocycles. The quantitative estimate of drug-likeness (QED) is 0.233. The fraction of sp³-hybridized carbons (Fsp3) is 0. The fourth-order valence-electron chi connectivity index (χ4n) is 0. The Labute approximate surface area is 137 Å². The van der Waals surface area contributed by atoms with E-state index in [1.54, 1.807) is 0 Å². The summed E-state index contributed by atoms with van der Waals surface area (Å²) in [5.41, 5.74) is 0. The molecule has 0 heterocycles. The minimum Gasteiger partial charge on any atom is 2.00 e. The van der Waals surface area contributed by atoms with Gasteiger partial charge in [-0.1, -0.05) is 0 Å². The van der Waals surface area contributed by atoms with Crippen molar-refractivity contribution in [2.24, 2.45) is 0 Å². The Balaban J connectivity index is -0.00000000821. The first-order valence-electron chi connectivity index (χ1n) is 1.46. The molecule has 16 heteroatoms. The van der Waals surface area contributed by atoms with Gasteiger partial charge in [-0.2, -0.15) is 0 Å². The predicted octanol–water partition coefficient (Wildman–Crippen LogP) is -3.80. The molecule has 0 unspecified atom stereocenters. The van der Waals surface area contributed by atoms with Crippen LogP contribution in [0.5, 0.6) is 0 Å². The third kappa shape index (κ3) is 807. The van der Waals surface area contributed by atoms with Crippen LogP contribution in [0.2, 0.25) is 0 Å². The fourth-order valence-corrected chi connectivity index (χ4v) is 0. The van der Waals surface area contributed by atoms with Crippen LogP contribution in [0.3, 0.4) is 0 Å². The largest absolute Gasteiger partial charge is 2.00 e. The normalized spacial score (nSPS) is 5.25. The van der Waals surface area contributed by atoms with Crippen molar-refractivity contribution in [3.05, 3.63) is 0 Å². The smallest absolute Gasteiger partial charge is 2.00 e. The van der Waals surface area contributed by atoms with Crippen LogP contribution >= 0.6 is 34.7 Å². The van der Waals surface area contributed by atoms with Gasteiger partial charge in [-0.3, -0.25) is 18.3 Å². The van der Waals surface area contributed by atoms with Crippen LogP contribution in [-0.2, 0) is 54.8 Å². The van der Waals surface area contributed by atoms with Crippen LogP contribution in [0.25, 0.3) is 0 Å². The summed E-state index contributed by atoms with van der Waals surface area (Å²) in [6.07, 6.45) is 0. The van der Waals surface area contributed by atoms with E-state index in [9.17, 15) is 0 Å². The number of hydrogen-bond acceptors (Lipinski definition) is 8. The van der Waals surface area contributed by atoms with Gasteiger partial charge in [0.15, 0.2) is 0 Å². The molecule has 0 atom stereocenters. The maximum absolute atomic E-state index is 8.35. The van der Waals surface area contributed by atoms with E-state index in [1.807, 2.05) is 0 Å². The molecule has 0 aliphatic heterocycles. The number of rotatable bonds is 0. The number of hydrogen-bond donors (Lipinski definition) is 0. The molecule has 0 spiro atoms. The summed E-state index contributed by atoms with van der Waals surface area (Å²) < 4.78 is 33.4. The van der Waals surface area contributed by atoms with E-state index < -0.39 is 34.7 Å². The Morgan fingerprint density at radius 1 is 0.625 bits per heavy atom. The van der Waals surface area contributed by atoms with Gasteiger partial charge in [-0.15, -0.1) is 0 Å². The molecule has 0 amide bonds. The second-order valence-corrected chi connectivity index (χ2v) is 0.894. The molecule has 1 radical (unpaired) electrons. The van der Waals surface area contributed by atoms with Crippen molar-refractivity contribution in [3.63, 3.8) is 0 Å². The summed E-state index contributed by atoms with van der Waals surface area (Å²) in [6, 6.07) is 0. The Kier molecular flexibility index (Phi) is 384. The third-order valence-electron chi connectivity index (χ3n) is 0. The molecule has 16 heavy (non-hydrogen) atoms. The summed E-state index contributed by atoms with van der Waals surface area (Å²) in [6.45, 7) is 0. The van der Waals surface area contributed by atoms with Gasteiger partial charge in [0.25, 0.3) is 0 Å². The van der Waals surface area contributed by atoms with Gasteiger partial charge in [0.05, 0.1) is 34.7 Å². The molecule has 0 aromatic heterocycles. The predicted molar refractivity (Wildman–Crippen MR) is 44.0 cm³/mol. The molecule has 0 bridgehead atoms. The van der Waals surface area contributed by atoms with Crippen molar-refractivity contribution >= 4 is 58.7 Å². The minimum atomic E-state index is -1.08. The van der Waals surface area contributed by atoms with Crippen molar-refractivity contribution < 1.29 is 79.9 Å². The molecule has 0 aromatic rings. The van der Waals surface area contributed by atoms with E-state index in [4.69, 9.17) is 37.8 Å².